The molecule has 4 heteroatoms. The third kappa shape index (κ3) is 2.56. The molecule has 1 aliphatic heterocycles. The van der Waals surface area contributed by atoms with E-state index in [0.29, 0.717) is 6.42 Å². The van der Waals surface area contributed by atoms with Crippen molar-refractivity contribution in [2.75, 3.05) is 7.11 Å². The van der Waals surface area contributed by atoms with Gasteiger partial charge in [-0.25, -0.2) is 0 Å². The number of fused-ring (bicyclic) bond motifs is 3. The van der Waals surface area contributed by atoms with E-state index in [0.717, 1.165) is 24.8 Å². The van der Waals surface area contributed by atoms with Crippen LogP contribution >= 0.6 is 0 Å². The molecule has 0 unspecified atom stereocenters. The number of rotatable bonds is 4. The lowest BCUT2D eigenvalue weighted by molar-refractivity contribution is -0.143. The van der Waals surface area contributed by atoms with E-state index < -0.39 is 0 Å². The number of H-pyrrole nitrogens is 1. The molecule has 4 nitrogen and oxygen atoms in total. The van der Waals surface area contributed by atoms with Crippen molar-refractivity contribution in [3.05, 3.63) is 35.5 Å². The number of ether oxygens (including phenoxy) is 1. The third-order valence-corrected chi connectivity index (χ3v) is 4.34. The summed E-state index contributed by atoms with van der Waals surface area (Å²) in [6, 6.07) is 8.26. The molecule has 0 saturated heterocycles. The van der Waals surface area contributed by atoms with Gasteiger partial charge in [-0.3, -0.25) is 10.1 Å². The normalized spacial score (nSPS) is 21.2. The van der Waals surface area contributed by atoms with Gasteiger partial charge in [0.1, 0.15) is 6.04 Å². The van der Waals surface area contributed by atoms with Crippen molar-refractivity contribution < 1.29 is 9.53 Å². The second-order valence-electron chi connectivity index (χ2n) is 5.70. The standard InChI is InChI=1S/C17H22N2O2/c1-3-4-8-14-16-12(10-15(18-14)17(20)21-2)11-7-5-6-9-13(11)19-16/h5-7,9,14-15,18-19H,3-4,8,10H2,1-2H3/t14-,15+/m1/s1. The van der Waals surface area contributed by atoms with Gasteiger partial charge in [-0.15, -0.1) is 0 Å². The number of carbonyl (C=O) groups excluding carboxylic acids is 1. The van der Waals surface area contributed by atoms with Crippen molar-refractivity contribution >= 4 is 16.9 Å². The number of aromatic amines is 1. The Labute approximate surface area is 124 Å². The molecule has 0 radical (unpaired) electrons. The van der Waals surface area contributed by atoms with Crippen LogP contribution < -0.4 is 5.32 Å². The van der Waals surface area contributed by atoms with Gasteiger partial charge in [0.25, 0.3) is 0 Å². The maximum atomic E-state index is 12.0. The lowest BCUT2D eigenvalue weighted by Crippen LogP contribution is -2.45. The second kappa shape index (κ2) is 5.90. The Morgan fingerprint density at radius 1 is 1.38 bits per heavy atom. The minimum absolute atomic E-state index is 0.174. The number of hydrogen-bond donors (Lipinski definition) is 2. The first-order chi connectivity index (χ1) is 10.2. The average Bonchev–Trinajstić information content (AvgIpc) is 2.90. The molecule has 0 bridgehead atoms. The van der Waals surface area contributed by atoms with Gasteiger partial charge in [-0.1, -0.05) is 38.0 Å². The van der Waals surface area contributed by atoms with Gasteiger partial charge in [0.05, 0.1) is 7.11 Å². The molecule has 0 saturated carbocycles. The Hall–Kier alpha value is -1.81. The average molecular weight is 286 g/mol. The largest absolute Gasteiger partial charge is 0.468 e. The van der Waals surface area contributed by atoms with E-state index in [1.165, 1.54) is 23.8 Å². The van der Waals surface area contributed by atoms with Crippen molar-refractivity contribution in [1.29, 1.82) is 0 Å². The van der Waals surface area contributed by atoms with Crippen LogP contribution in [0.2, 0.25) is 0 Å². The molecule has 0 aliphatic carbocycles. The van der Waals surface area contributed by atoms with Crippen LogP contribution in [0, 0.1) is 0 Å². The summed E-state index contributed by atoms with van der Waals surface area (Å²) in [4.78, 5) is 15.5. The van der Waals surface area contributed by atoms with E-state index in [1.807, 2.05) is 12.1 Å². The van der Waals surface area contributed by atoms with E-state index in [4.69, 9.17) is 4.74 Å². The zero-order valence-electron chi connectivity index (χ0n) is 12.6. The lowest BCUT2D eigenvalue weighted by atomic mass is 9.91. The van der Waals surface area contributed by atoms with E-state index >= 15 is 0 Å². The topological polar surface area (TPSA) is 54.1 Å². The summed E-state index contributed by atoms with van der Waals surface area (Å²) in [7, 11) is 1.45. The first kappa shape index (κ1) is 14.1. The Kier molecular flexibility index (Phi) is 3.97. The summed E-state index contributed by atoms with van der Waals surface area (Å²) in [6.45, 7) is 2.19. The molecular weight excluding hydrogens is 264 g/mol. The molecular formula is C17H22N2O2. The number of para-hydroxylation sites is 1. The summed E-state index contributed by atoms with van der Waals surface area (Å²) in [5.41, 5.74) is 3.65. The summed E-state index contributed by atoms with van der Waals surface area (Å²) in [6.07, 6.45) is 4.01. The monoisotopic (exact) mass is 286 g/mol. The smallest absolute Gasteiger partial charge is 0.323 e. The number of aromatic nitrogens is 1. The first-order valence-electron chi connectivity index (χ1n) is 7.68. The molecule has 112 valence electrons. The SMILES string of the molecule is CCCC[C@H]1N[C@H](C(=O)OC)Cc2c1[nH]c1ccccc21. The van der Waals surface area contributed by atoms with Crippen LogP contribution in [-0.2, 0) is 16.0 Å². The highest BCUT2D eigenvalue weighted by Gasteiger charge is 2.33. The molecule has 2 heterocycles. The van der Waals surface area contributed by atoms with E-state index in [9.17, 15) is 4.79 Å². The minimum Gasteiger partial charge on any atom is -0.468 e. The Morgan fingerprint density at radius 2 is 2.19 bits per heavy atom. The summed E-state index contributed by atoms with van der Waals surface area (Å²) < 4.78 is 4.93. The maximum absolute atomic E-state index is 12.0. The Balaban J connectivity index is 2.01. The molecule has 0 fully saturated rings. The van der Waals surface area contributed by atoms with Crippen LogP contribution in [0.4, 0.5) is 0 Å². The Morgan fingerprint density at radius 3 is 2.95 bits per heavy atom. The molecule has 0 spiro atoms. The fourth-order valence-corrected chi connectivity index (χ4v) is 3.26. The van der Waals surface area contributed by atoms with Crippen LogP contribution in [-0.4, -0.2) is 24.1 Å². The van der Waals surface area contributed by atoms with Gasteiger partial charge in [-0.05, 0) is 18.1 Å². The number of hydrogen-bond acceptors (Lipinski definition) is 3. The number of unbranched alkanes of at least 4 members (excludes halogenated alkanes) is 1. The lowest BCUT2D eigenvalue weighted by Gasteiger charge is -2.30. The van der Waals surface area contributed by atoms with Crippen molar-refractivity contribution in [2.45, 2.75) is 44.7 Å². The molecule has 3 rings (SSSR count). The second-order valence-corrected chi connectivity index (χ2v) is 5.70. The molecule has 1 aromatic carbocycles. The number of nitrogens with one attached hydrogen (secondary N) is 2. The summed E-state index contributed by atoms with van der Waals surface area (Å²) >= 11 is 0. The van der Waals surface area contributed by atoms with Crippen LogP contribution in [0.3, 0.4) is 0 Å². The fourth-order valence-electron chi connectivity index (χ4n) is 3.26. The van der Waals surface area contributed by atoms with Gasteiger partial charge in [0, 0.05) is 29.1 Å². The van der Waals surface area contributed by atoms with Crippen LogP contribution in [0.1, 0.15) is 43.5 Å². The number of esters is 1. The molecule has 2 atom stereocenters. The molecule has 1 aliphatic rings. The number of methoxy groups -OCH3 is 1. The molecule has 21 heavy (non-hydrogen) atoms. The first-order valence-corrected chi connectivity index (χ1v) is 7.68. The highest BCUT2D eigenvalue weighted by Crippen LogP contribution is 2.34. The highest BCUT2D eigenvalue weighted by molar-refractivity contribution is 5.87. The van der Waals surface area contributed by atoms with Gasteiger partial charge < -0.3 is 9.72 Å². The minimum atomic E-state index is -0.247. The van der Waals surface area contributed by atoms with Crippen LogP contribution in [0.5, 0.6) is 0 Å². The zero-order valence-corrected chi connectivity index (χ0v) is 12.6. The molecule has 1 aromatic heterocycles. The van der Waals surface area contributed by atoms with Crippen molar-refractivity contribution in [3.8, 4) is 0 Å². The fraction of sp³-hybridized carbons (Fsp3) is 0.471. The zero-order chi connectivity index (χ0) is 14.8. The number of carbonyl (C=O) groups is 1. The van der Waals surface area contributed by atoms with Crippen LogP contribution in [0.15, 0.2) is 24.3 Å². The summed E-state index contributed by atoms with van der Waals surface area (Å²) in [5.74, 6) is -0.174. The van der Waals surface area contributed by atoms with Gasteiger partial charge in [0.2, 0.25) is 0 Å². The highest BCUT2D eigenvalue weighted by atomic mass is 16.5. The van der Waals surface area contributed by atoms with E-state index in [2.05, 4.69) is 29.4 Å². The Bertz CT molecular complexity index is 647. The summed E-state index contributed by atoms with van der Waals surface area (Å²) in [5, 5.41) is 4.68. The molecule has 2 aromatic rings. The predicted octanol–water partition coefficient (Wildman–Crippen LogP) is 3.09. The van der Waals surface area contributed by atoms with E-state index in [1.54, 1.807) is 0 Å². The third-order valence-electron chi connectivity index (χ3n) is 4.34. The number of benzene rings is 1. The van der Waals surface area contributed by atoms with Crippen molar-refractivity contribution in [2.24, 2.45) is 0 Å². The van der Waals surface area contributed by atoms with Gasteiger partial charge >= 0.3 is 5.97 Å². The van der Waals surface area contributed by atoms with E-state index in [-0.39, 0.29) is 18.1 Å². The predicted molar refractivity (Wildman–Crippen MR) is 83.2 cm³/mol. The van der Waals surface area contributed by atoms with Crippen LogP contribution in [0.25, 0.3) is 10.9 Å². The quantitative estimate of drug-likeness (QED) is 0.849. The van der Waals surface area contributed by atoms with Gasteiger partial charge in [-0.2, -0.15) is 0 Å². The van der Waals surface area contributed by atoms with Gasteiger partial charge in [0.15, 0.2) is 0 Å². The molecule has 0 amide bonds. The maximum Gasteiger partial charge on any atom is 0.323 e. The van der Waals surface area contributed by atoms with Crippen molar-refractivity contribution in [3.63, 3.8) is 0 Å². The van der Waals surface area contributed by atoms with Crippen molar-refractivity contribution in [1.82, 2.24) is 10.3 Å². The molecule has 2 N–H and O–H groups in total.